The Morgan fingerprint density at radius 1 is 1.58 bits per heavy atom. The Balaban J connectivity index is 2.18. The molecule has 1 aromatic rings. The minimum absolute atomic E-state index is 0.00885. The maximum atomic E-state index is 12.6. The average molecular weight is 372 g/mol. The average Bonchev–Trinajstić information content (AvgIpc) is 2.61. The van der Waals surface area contributed by atoms with Gasteiger partial charge < -0.3 is 0 Å². The van der Waals surface area contributed by atoms with E-state index in [0.29, 0.717) is 15.3 Å². The van der Waals surface area contributed by atoms with Gasteiger partial charge in [-0.25, -0.2) is 4.98 Å². The lowest BCUT2D eigenvalue weighted by Gasteiger charge is -2.15. The fourth-order valence-electron chi connectivity index (χ4n) is 1.95. The summed E-state index contributed by atoms with van der Waals surface area (Å²) in [7, 11) is -4.58. The van der Waals surface area contributed by atoms with Crippen molar-refractivity contribution in [1.82, 2.24) is 4.98 Å². The first kappa shape index (κ1) is 14.7. The summed E-state index contributed by atoms with van der Waals surface area (Å²) in [5.74, 6) is -1.13. The molecule has 2 rings (SSSR count). The predicted molar refractivity (Wildman–Crippen MR) is 72.3 cm³/mol. The molecule has 1 atom stereocenters. The number of halogens is 3. The molecule has 1 unspecified atom stereocenters. The first-order chi connectivity index (χ1) is 8.76. The van der Waals surface area contributed by atoms with Crippen LogP contribution in [-0.2, 0) is 15.0 Å². The van der Waals surface area contributed by atoms with E-state index in [-0.39, 0.29) is 18.9 Å². The Hall–Kier alpha value is -0.730. The Labute approximate surface area is 123 Å². The van der Waals surface area contributed by atoms with Gasteiger partial charge in [0, 0.05) is 29.6 Å². The monoisotopic (exact) mass is 370 g/mol. The number of carbonyl (C=O) groups is 1. The van der Waals surface area contributed by atoms with Crippen molar-refractivity contribution in [3.63, 3.8) is 0 Å². The molecule has 2 heterocycles. The number of nitrogens with zero attached hydrogens (tertiary/aromatic N) is 2. The molecule has 1 amide bonds. The third kappa shape index (κ3) is 3.64. The summed E-state index contributed by atoms with van der Waals surface area (Å²) in [5.41, 5.74) is 0. The molecule has 104 valence electrons. The second-order valence-electron chi connectivity index (χ2n) is 4.24. The molecule has 0 bridgehead atoms. The first-order valence-electron chi connectivity index (χ1n) is 5.30. The van der Waals surface area contributed by atoms with Crippen molar-refractivity contribution < 1.29 is 17.1 Å². The zero-order valence-corrected chi connectivity index (χ0v) is 12.7. The number of hydrogen-bond acceptors (Lipinski definition) is 4. The smallest absolute Gasteiger partial charge is 0.296 e. The largest absolute Gasteiger partial charge is 0.302 e. The van der Waals surface area contributed by atoms with Crippen LogP contribution in [0.25, 0.3) is 0 Å². The van der Waals surface area contributed by atoms with E-state index in [1.807, 2.05) is 0 Å². The molecule has 1 aliphatic rings. The Bertz CT molecular complexity index is 625. The van der Waals surface area contributed by atoms with E-state index in [4.69, 9.17) is 11.6 Å². The van der Waals surface area contributed by atoms with Crippen molar-refractivity contribution >= 4 is 49.5 Å². The number of pyridine rings is 1. The van der Waals surface area contributed by atoms with Gasteiger partial charge in [-0.2, -0.15) is 8.42 Å². The van der Waals surface area contributed by atoms with E-state index in [9.17, 15) is 17.1 Å². The lowest BCUT2D eigenvalue weighted by atomic mass is 10.1. The summed E-state index contributed by atoms with van der Waals surface area (Å²) >= 11 is 9.01. The van der Waals surface area contributed by atoms with Crippen LogP contribution in [0.4, 0.5) is 9.70 Å². The molecule has 0 aliphatic carbocycles. The number of aromatic nitrogens is 1. The minimum atomic E-state index is -4.58. The van der Waals surface area contributed by atoms with Crippen LogP contribution in [-0.4, -0.2) is 31.6 Å². The highest BCUT2D eigenvalue weighted by Crippen LogP contribution is 2.29. The standard InChI is InChI=1S/C10H9BrClFN2O3S/c11-7-2-9(14-3-8(7)12)15-4-6(1-10(15)16)5-19(13,17)18/h2-3,6H,1,4-5H2. The molecule has 0 aromatic carbocycles. The fraction of sp³-hybridized carbons (Fsp3) is 0.400. The van der Waals surface area contributed by atoms with Gasteiger partial charge in [0.05, 0.1) is 10.8 Å². The van der Waals surface area contributed by atoms with Crippen LogP contribution in [0, 0.1) is 5.92 Å². The van der Waals surface area contributed by atoms with Crippen molar-refractivity contribution in [1.29, 1.82) is 0 Å². The molecule has 0 spiro atoms. The Kier molecular flexibility index (Phi) is 4.12. The van der Waals surface area contributed by atoms with E-state index in [2.05, 4.69) is 20.9 Å². The van der Waals surface area contributed by atoms with Crippen molar-refractivity contribution in [2.24, 2.45) is 5.92 Å². The molecule has 0 N–H and O–H groups in total. The number of amides is 1. The third-order valence-electron chi connectivity index (χ3n) is 2.71. The van der Waals surface area contributed by atoms with Crippen LogP contribution in [0.2, 0.25) is 5.02 Å². The second kappa shape index (κ2) is 5.34. The zero-order chi connectivity index (χ0) is 14.2. The second-order valence-corrected chi connectivity index (χ2v) is 6.91. The highest BCUT2D eigenvalue weighted by Gasteiger charge is 2.34. The summed E-state index contributed by atoms with van der Waals surface area (Å²) in [6, 6.07) is 1.56. The third-order valence-corrected chi connectivity index (χ3v) is 4.77. The van der Waals surface area contributed by atoms with Crippen molar-refractivity contribution in [3.05, 3.63) is 21.8 Å². The molecule has 1 aromatic heterocycles. The Morgan fingerprint density at radius 3 is 2.84 bits per heavy atom. The molecule has 1 fully saturated rings. The number of anilines is 1. The van der Waals surface area contributed by atoms with E-state index >= 15 is 0 Å². The van der Waals surface area contributed by atoms with Crippen LogP contribution >= 0.6 is 27.5 Å². The maximum Gasteiger partial charge on any atom is 0.302 e. The van der Waals surface area contributed by atoms with Crippen molar-refractivity contribution in [2.75, 3.05) is 17.2 Å². The highest BCUT2D eigenvalue weighted by molar-refractivity contribution is 9.10. The zero-order valence-electron chi connectivity index (χ0n) is 9.51. The van der Waals surface area contributed by atoms with Gasteiger partial charge in [-0.1, -0.05) is 11.6 Å². The lowest BCUT2D eigenvalue weighted by Crippen LogP contribution is -2.26. The number of rotatable bonds is 3. The Morgan fingerprint density at radius 2 is 2.26 bits per heavy atom. The minimum Gasteiger partial charge on any atom is -0.296 e. The normalized spacial score (nSPS) is 20.1. The van der Waals surface area contributed by atoms with Crippen LogP contribution in [0.5, 0.6) is 0 Å². The summed E-state index contributed by atoms with van der Waals surface area (Å²) < 4.78 is 34.4. The molecule has 5 nitrogen and oxygen atoms in total. The maximum absolute atomic E-state index is 12.6. The molecular weight excluding hydrogens is 363 g/mol. The van der Waals surface area contributed by atoms with Crippen molar-refractivity contribution in [2.45, 2.75) is 6.42 Å². The molecule has 1 aliphatic heterocycles. The van der Waals surface area contributed by atoms with Gasteiger partial charge in [0.1, 0.15) is 5.82 Å². The molecule has 19 heavy (non-hydrogen) atoms. The van der Waals surface area contributed by atoms with Crippen molar-refractivity contribution in [3.8, 4) is 0 Å². The van der Waals surface area contributed by atoms with Crippen LogP contribution < -0.4 is 4.90 Å². The van der Waals surface area contributed by atoms with Gasteiger partial charge in [-0.3, -0.25) is 9.69 Å². The summed E-state index contributed by atoms with van der Waals surface area (Å²) in [6.45, 7) is 0.128. The summed E-state index contributed by atoms with van der Waals surface area (Å²) in [5, 5.41) is 0.401. The van der Waals surface area contributed by atoms with Crippen LogP contribution in [0.15, 0.2) is 16.7 Å². The fourth-order valence-corrected chi connectivity index (χ4v) is 3.14. The van der Waals surface area contributed by atoms with E-state index in [0.717, 1.165) is 0 Å². The highest BCUT2D eigenvalue weighted by atomic mass is 79.9. The van der Waals surface area contributed by atoms with Gasteiger partial charge in [-0.15, -0.1) is 3.89 Å². The molecule has 9 heteroatoms. The van der Waals surface area contributed by atoms with Crippen LogP contribution in [0.1, 0.15) is 6.42 Å². The molecule has 0 radical (unpaired) electrons. The quantitative estimate of drug-likeness (QED) is 0.764. The first-order valence-corrected chi connectivity index (χ1v) is 8.02. The predicted octanol–water partition coefficient (Wildman–Crippen LogP) is 2.15. The van der Waals surface area contributed by atoms with Gasteiger partial charge in [0.15, 0.2) is 0 Å². The molecular formula is C10H9BrClFN2O3S. The number of hydrogen-bond donors (Lipinski definition) is 0. The van der Waals surface area contributed by atoms with Gasteiger partial charge in [0.2, 0.25) is 5.91 Å². The topological polar surface area (TPSA) is 67.3 Å². The SMILES string of the molecule is O=C1CC(CS(=O)(=O)F)CN1c1cc(Br)c(Cl)cn1. The van der Waals surface area contributed by atoms with Gasteiger partial charge >= 0.3 is 10.2 Å². The summed E-state index contributed by atoms with van der Waals surface area (Å²) in [6.07, 6.45) is 1.37. The lowest BCUT2D eigenvalue weighted by molar-refractivity contribution is -0.117. The van der Waals surface area contributed by atoms with E-state index < -0.39 is 21.9 Å². The molecule has 0 saturated carbocycles. The number of carbonyl (C=O) groups excluding carboxylic acids is 1. The van der Waals surface area contributed by atoms with Crippen LogP contribution in [0.3, 0.4) is 0 Å². The van der Waals surface area contributed by atoms with Gasteiger partial charge in [0.25, 0.3) is 0 Å². The molecule has 1 saturated heterocycles. The van der Waals surface area contributed by atoms with E-state index in [1.54, 1.807) is 6.07 Å². The van der Waals surface area contributed by atoms with Gasteiger partial charge in [-0.05, 0) is 22.0 Å². The van der Waals surface area contributed by atoms with E-state index in [1.165, 1.54) is 11.1 Å². The summed E-state index contributed by atoms with van der Waals surface area (Å²) in [4.78, 5) is 17.1.